The second-order valence-electron chi connectivity index (χ2n) is 7.37. The predicted octanol–water partition coefficient (Wildman–Crippen LogP) is 4.04. The van der Waals surface area contributed by atoms with Crippen LogP contribution in [-0.2, 0) is 9.53 Å². The summed E-state index contributed by atoms with van der Waals surface area (Å²) < 4.78 is 10.7. The van der Waals surface area contributed by atoms with Crippen LogP contribution in [0.4, 0.5) is 4.79 Å². The fourth-order valence-electron chi connectivity index (χ4n) is 3.65. The molecule has 0 fully saturated rings. The van der Waals surface area contributed by atoms with Crippen molar-refractivity contribution in [3.63, 3.8) is 0 Å². The van der Waals surface area contributed by atoms with Crippen molar-refractivity contribution in [2.45, 2.75) is 26.8 Å². The number of aromatic nitrogens is 1. The Balaban J connectivity index is 1.73. The minimum absolute atomic E-state index is 0.153. The lowest BCUT2D eigenvalue weighted by Crippen LogP contribution is -2.56. The van der Waals surface area contributed by atoms with Crippen LogP contribution in [-0.4, -0.2) is 34.5 Å². The van der Waals surface area contributed by atoms with Gasteiger partial charge in [0.05, 0.1) is 12.2 Å². The number of nitrogens with zero attached hydrogens (tertiary/aromatic N) is 2. The molecule has 1 atom stereocenters. The molecule has 1 unspecified atom stereocenters. The van der Waals surface area contributed by atoms with Crippen LogP contribution >= 0.6 is 11.6 Å². The number of nitrogens with one attached hydrogen (secondary N) is 2. The van der Waals surface area contributed by atoms with Crippen LogP contribution in [0, 0.1) is 6.92 Å². The third-order valence-corrected chi connectivity index (χ3v) is 5.36. The molecule has 9 nitrogen and oxygen atoms in total. The first-order chi connectivity index (χ1) is 15.8. The smallest absolute Gasteiger partial charge is 0.341 e. The van der Waals surface area contributed by atoms with Gasteiger partial charge in [-0.3, -0.25) is 10.2 Å². The van der Waals surface area contributed by atoms with Crippen molar-refractivity contribution >= 4 is 40.6 Å². The van der Waals surface area contributed by atoms with Crippen LogP contribution in [0.3, 0.4) is 0 Å². The number of halogens is 1. The Labute approximate surface area is 194 Å². The highest BCUT2D eigenvalue weighted by Gasteiger charge is 2.39. The number of ether oxygens (including phenoxy) is 1. The van der Waals surface area contributed by atoms with Gasteiger partial charge in [0.15, 0.2) is 11.5 Å². The first-order valence-electron chi connectivity index (χ1n) is 10.2. The van der Waals surface area contributed by atoms with Crippen LogP contribution < -0.4 is 10.7 Å². The molecule has 4 rings (SSSR count). The summed E-state index contributed by atoms with van der Waals surface area (Å²) in [5.41, 5.74) is 5.04. The minimum atomic E-state index is -0.933. The van der Waals surface area contributed by atoms with Gasteiger partial charge < -0.3 is 14.5 Å². The zero-order chi connectivity index (χ0) is 23.7. The minimum Gasteiger partial charge on any atom is -0.463 e. The fourth-order valence-corrected chi connectivity index (χ4v) is 3.77. The summed E-state index contributed by atoms with van der Waals surface area (Å²) in [6, 6.07) is 9.87. The van der Waals surface area contributed by atoms with Gasteiger partial charge >= 0.3 is 12.0 Å². The van der Waals surface area contributed by atoms with Gasteiger partial charge in [0, 0.05) is 23.2 Å². The quantitative estimate of drug-likeness (QED) is 0.546. The first kappa shape index (κ1) is 22.3. The van der Waals surface area contributed by atoms with E-state index in [0.29, 0.717) is 33.3 Å². The number of rotatable bonds is 5. The Hall–Kier alpha value is -3.85. The molecule has 0 saturated carbocycles. The molecular weight excluding hydrogens is 448 g/mol. The molecule has 2 aromatic carbocycles. The summed E-state index contributed by atoms with van der Waals surface area (Å²) in [4.78, 5) is 43.0. The Morgan fingerprint density at radius 2 is 1.94 bits per heavy atom. The Bertz CT molecular complexity index is 1280. The maximum atomic E-state index is 13.1. The number of amides is 3. The van der Waals surface area contributed by atoms with Crippen molar-refractivity contribution < 1.29 is 23.5 Å². The third-order valence-electron chi connectivity index (χ3n) is 5.11. The summed E-state index contributed by atoms with van der Waals surface area (Å²) in [7, 11) is 0. The summed E-state index contributed by atoms with van der Waals surface area (Å²) in [5.74, 6) is -0.691. The lowest BCUT2D eigenvalue weighted by atomic mass is 9.95. The second-order valence-corrected chi connectivity index (χ2v) is 7.81. The standard InChI is InChI=1S/C23H21ClN4O5/c1-4-32-22(30)19-12(2)25-23(31)28(20(19)14-5-8-16(24)9-6-14)27-21(29)15-7-10-18-17(11-15)26-13(3)33-18/h5-11,20H,4H2,1-3H3,(H,25,31)(H,27,29). The first-order valence-corrected chi connectivity index (χ1v) is 10.6. The molecule has 1 aromatic heterocycles. The monoisotopic (exact) mass is 468 g/mol. The number of hydrogen-bond acceptors (Lipinski definition) is 6. The lowest BCUT2D eigenvalue weighted by Gasteiger charge is -2.37. The van der Waals surface area contributed by atoms with E-state index in [0.717, 1.165) is 5.01 Å². The number of urea groups is 1. The number of hydrazine groups is 1. The maximum Gasteiger partial charge on any atom is 0.341 e. The summed E-state index contributed by atoms with van der Waals surface area (Å²) >= 11 is 6.03. The Morgan fingerprint density at radius 1 is 1.21 bits per heavy atom. The molecule has 0 aliphatic carbocycles. The molecule has 3 aromatic rings. The number of fused-ring (bicyclic) bond motifs is 1. The van der Waals surface area contributed by atoms with Crippen molar-refractivity contribution in [1.82, 2.24) is 20.7 Å². The van der Waals surface area contributed by atoms with E-state index < -0.39 is 23.9 Å². The third kappa shape index (κ3) is 4.40. The fraction of sp³-hybridized carbons (Fsp3) is 0.217. The van der Waals surface area contributed by atoms with Crippen molar-refractivity contribution in [3.05, 3.63) is 75.8 Å². The van der Waals surface area contributed by atoms with E-state index in [4.69, 9.17) is 20.8 Å². The summed E-state index contributed by atoms with van der Waals surface area (Å²) in [6.07, 6.45) is 0. The number of hydrogen-bond donors (Lipinski definition) is 2. The van der Waals surface area contributed by atoms with Crippen LogP contribution in [0.15, 0.2) is 58.2 Å². The zero-order valence-corrected chi connectivity index (χ0v) is 18.9. The van der Waals surface area contributed by atoms with Gasteiger partial charge in [0.25, 0.3) is 5.91 Å². The van der Waals surface area contributed by atoms with Crippen LogP contribution in [0.1, 0.15) is 41.7 Å². The molecule has 0 radical (unpaired) electrons. The van der Waals surface area contributed by atoms with Gasteiger partial charge in [-0.05, 0) is 49.7 Å². The average Bonchev–Trinajstić information content (AvgIpc) is 3.15. The SMILES string of the molecule is CCOC(=O)C1=C(C)NC(=O)N(NC(=O)c2ccc3oc(C)nc3c2)C1c1ccc(Cl)cc1. The van der Waals surface area contributed by atoms with Gasteiger partial charge in [0.2, 0.25) is 0 Å². The van der Waals surface area contributed by atoms with E-state index in [1.165, 1.54) is 0 Å². The zero-order valence-electron chi connectivity index (χ0n) is 18.1. The van der Waals surface area contributed by atoms with E-state index in [2.05, 4.69) is 15.7 Å². The van der Waals surface area contributed by atoms with E-state index >= 15 is 0 Å². The van der Waals surface area contributed by atoms with Crippen molar-refractivity contribution in [1.29, 1.82) is 0 Å². The Kier molecular flexibility index (Phi) is 6.06. The molecule has 0 spiro atoms. The highest BCUT2D eigenvalue weighted by molar-refractivity contribution is 6.30. The largest absolute Gasteiger partial charge is 0.463 e. The van der Waals surface area contributed by atoms with Crippen LogP contribution in [0.5, 0.6) is 0 Å². The van der Waals surface area contributed by atoms with Crippen LogP contribution in [0.2, 0.25) is 5.02 Å². The van der Waals surface area contributed by atoms with Crippen molar-refractivity contribution in [2.75, 3.05) is 6.61 Å². The molecule has 33 heavy (non-hydrogen) atoms. The molecule has 3 amide bonds. The molecule has 0 saturated heterocycles. The molecule has 1 aliphatic rings. The summed E-state index contributed by atoms with van der Waals surface area (Å²) in [6.45, 7) is 5.15. The van der Waals surface area contributed by atoms with E-state index in [9.17, 15) is 14.4 Å². The lowest BCUT2D eigenvalue weighted by molar-refractivity contribution is -0.139. The van der Waals surface area contributed by atoms with Crippen LogP contribution in [0.25, 0.3) is 11.1 Å². The number of oxazole rings is 1. The average molecular weight is 469 g/mol. The number of esters is 1. The highest BCUT2D eigenvalue weighted by atomic mass is 35.5. The molecule has 170 valence electrons. The van der Waals surface area contributed by atoms with Gasteiger partial charge in [0.1, 0.15) is 11.6 Å². The summed E-state index contributed by atoms with van der Waals surface area (Å²) in [5, 5.41) is 4.18. The Morgan fingerprint density at radius 3 is 2.64 bits per heavy atom. The number of carbonyl (C=O) groups is 3. The molecule has 1 aliphatic heterocycles. The number of carbonyl (C=O) groups excluding carboxylic acids is 3. The number of allylic oxidation sites excluding steroid dienone is 1. The topological polar surface area (TPSA) is 114 Å². The van der Waals surface area contributed by atoms with E-state index in [1.807, 2.05) is 0 Å². The molecule has 2 N–H and O–H groups in total. The van der Waals surface area contributed by atoms with Gasteiger partial charge in [-0.2, -0.15) is 0 Å². The van der Waals surface area contributed by atoms with E-state index in [1.54, 1.807) is 63.2 Å². The molecular formula is C23H21ClN4O5. The molecule has 2 heterocycles. The molecule has 0 bridgehead atoms. The van der Waals surface area contributed by atoms with Gasteiger partial charge in [-0.15, -0.1) is 0 Å². The van der Waals surface area contributed by atoms with Gasteiger partial charge in [-0.1, -0.05) is 23.7 Å². The second kappa shape index (κ2) is 8.95. The van der Waals surface area contributed by atoms with E-state index in [-0.39, 0.29) is 17.7 Å². The van der Waals surface area contributed by atoms with Crippen molar-refractivity contribution in [2.24, 2.45) is 0 Å². The molecule has 10 heteroatoms. The number of aryl methyl sites for hydroxylation is 1. The van der Waals surface area contributed by atoms with Gasteiger partial charge in [-0.25, -0.2) is 19.6 Å². The van der Waals surface area contributed by atoms with Crippen molar-refractivity contribution in [3.8, 4) is 0 Å². The predicted molar refractivity (Wildman–Crippen MR) is 120 cm³/mol. The maximum absolute atomic E-state index is 13.1. The normalized spacial score (nSPS) is 16.1. The number of benzene rings is 2. The highest BCUT2D eigenvalue weighted by Crippen LogP contribution is 2.34.